The molecule has 0 N–H and O–H groups in total. The van der Waals surface area contributed by atoms with Gasteiger partial charge in [0.2, 0.25) is 0 Å². The summed E-state index contributed by atoms with van der Waals surface area (Å²) in [7, 11) is 4.26. The van der Waals surface area contributed by atoms with E-state index in [9.17, 15) is 0 Å². The van der Waals surface area contributed by atoms with E-state index in [1.165, 1.54) is 62.6 Å². The summed E-state index contributed by atoms with van der Waals surface area (Å²) in [6.07, 6.45) is 10.9. The molecule has 102 valence electrons. The molecule has 1 rings (SSSR count). The van der Waals surface area contributed by atoms with Crippen molar-refractivity contribution < 1.29 is 0 Å². The highest BCUT2D eigenvalue weighted by molar-refractivity contribution is 5.52. The van der Waals surface area contributed by atoms with Gasteiger partial charge in [-0.1, -0.05) is 63.6 Å². The average molecular weight is 247 g/mol. The van der Waals surface area contributed by atoms with E-state index < -0.39 is 0 Å². The van der Waals surface area contributed by atoms with Gasteiger partial charge in [0, 0.05) is 19.8 Å². The fourth-order valence-electron chi connectivity index (χ4n) is 2.43. The van der Waals surface area contributed by atoms with Gasteiger partial charge in [-0.2, -0.15) is 0 Å². The van der Waals surface area contributed by atoms with Crippen LogP contribution in [0, 0.1) is 0 Å². The largest absolute Gasteiger partial charge is 0.377 e. The molecule has 1 heteroatoms. The minimum atomic E-state index is 1.22. The fraction of sp³-hybridized carbons (Fsp3) is 0.647. The molecule has 0 radical (unpaired) electrons. The summed E-state index contributed by atoms with van der Waals surface area (Å²) in [5, 5.41) is 0. The van der Waals surface area contributed by atoms with Crippen LogP contribution in [0.5, 0.6) is 0 Å². The predicted octanol–water partition coefficient (Wildman–Crippen LogP) is 5.05. The maximum atomic E-state index is 2.28. The van der Waals surface area contributed by atoms with Crippen LogP contribution in [-0.2, 0) is 6.42 Å². The number of aryl methyl sites for hydroxylation is 1. The van der Waals surface area contributed by atoms with Crippen molar-refractivity contribution in [2.75, 3.05) is 19.0 Å². The highest BCUT2D eigenvalue weighted by Gasteiger charge is 2.02. The standard InChI is InChI=1S/C17H29N/c1-4-5-6-7-8-9-10-13-16-14-11-12-15-17(16)18(2)3/h11-12,14-15H,4-10,13H2,1-3H3. The zero-order chi connectivity index (χ0) is 13.2. The summed E-state index contributed by atoms with van der Waals surface area (Å²) in [5.41, 5.74) is 2.87. The summed E-state index contributed by atoms with van der Waals surface area (Å²) in [6.45, 7) is 2.28. The van der Waals surface area contributed by atoms with Crippen LogP contribution < -0.4 is 4.90 Å². The molecule has 18 heavy (non-hydrogen) atoms. The summed E-state index contributed by atoms with van der Waals surface area (Å²) >= 11 is 0. The summed E-state index contributed by atoms with van der Waals surface area (Å²) in [5.74, 6) is 0. The van der Waals surface area contributed by atoms with Crippen molar-refractivity contribution in [1.82, 2.24) is 0 Å². The maximum Gasteiger partial charge on any atom is 0.0393 e. The lowest BCUT2D eigenvalue weighted by Gasteiger charge is -2.17. The first-order valence-corrected chi connectivity index (χ1v) is 7.51. The van der Waals surface area contributed by atoms with Crippen LogP contribution in [-0.4, -0.2) is 14.1 Å². The van der Waals surface area contributed by atoms with Crippen molar-refractivity contribution in [1.29, 1.82) is 0 Å². The summed E-state index contributed by atoms with van der Waals surface area (Å²) in [4.78, 5) is 2.22. The Balaban J connectivity index is 2.23. The minimum absolute atomic E-state index is 1.22. The SMILES string of the molecule is CCCCCCCCCc1ccccc1N(C)C. The molecule has 0 unspecified atom stereocenters. The Morgan fingerprint density at radius 1 is 0.833 bits per heavy atom. The monoisotopic (exact) mass is 247 g/mol. The minimum Gasteiger partial charge on any atom is -0.377 e. The quantitative estimate of drug-likeness (QED) is 0.552. The number of para-hydroxylation sites is 1. The third kappa shape index (κ3) is 5.57. The van der Waals surface area contributed by atoms with E-state index in [1.807, 2.05) is 0 Å². The third-order valence-electron chi connectivity index (χ3n) is 3.52. The maximum absolute atomic E-state index is 2.28. The molecule has 0 aromatic heterocycles. The van der Waals surface area contributed by atoms with Crippen LogP contribution in [0.1, 0.15) is 57.4 Å². The van der Waals surface area contributed by atoms with Crippen molar-refractivity contribution in [3.63, 3.8) is 0 Å². The fourth-order valence-corrected chi connectivity index (χ4v) is 2.43. The number of anilines is 1. The average Bonchev–Trinajstić information content (AvgIpc) is 2.38. The van der Waals surface area contributed by atoms with Crippen LogP contribution >= 0.6 is 0 Å². The second-order valence-electron chi connectivity index (χ2n) is 5.39. The van der Waals surface area contributed by atoms with Gasteiger partial charge < -0.3 is 4.90 Å². The second kappa shape index (κ2) is 9.02. The zero-order valence-corrected chi connectivity index (χ0v) is 12.4. The third-order valence-corrected chi connectivity index (χ3v) is 3.52. The first-order valence-electron chi connectivity index (χ1n) is 7.51. The van der Waals surface area contributed by atoms with Crippen LogP contribution in [0.2, 0.25) is 0 Å². The highest BCUT2D eigenvalue weighted by Crippen LogP contribution is 2.20. The van der Waals surface area contributed by atoms with Crippen molar-refractivity contribution in [3.05, 3.63) is 29.8 Å². The smallest absolute Gasteiger partial charge is 0.0393 e. The lowest BCUT2D eigenvalue weighted by Crippen LogP contribution is -2.11. The topological polar surface area (TPSA) is 3.24 Å². The number of hydrogen-bond acceptors (Lipinski definition) is 1. The Morgan fingerprint density at radius 3 is 2.11 bits per heavy atom. The van der Waals surface area contributed by atoms with Crippen LogP contribution in [0.15, 0.2) is 24.3 Å². The van der Waals surface area contributed by atoms with Crippen molar-refractivity contribution in [3.8, 4) is 0 Å². The molecule has 0 aliphatic heterocycles. The second-order valence-corrected chi connectivity index (χ2v) is 5.39. The van der Waals surface area contributed by atoms with Gasteiger partial charge in [-0.25, -0.2) is 0 Å². The van der Waals surface area contributed by atoms with Gasteiger partial charge in [-0.3, -0.25) is 0 Å². The molecule has 0 aliphatic carbocycles. The molecular formula is C17H29N. The summed E-state index contributed by atoms with van der Waals surface area (Å²) in [6, 6.07) is 8.77. The van der Waals surface area contributed by atoms with E-state index >= 15 is 0 Å². The predicted molar refractivity (Wildman–Crippen MR) is 82.5 cm³/mol. The number of unbranched alkanes of at least 4 members (excludes halogenated alkanes) is 6. The van der Waals surface area contributed by atoms with E-state index in [2.05, 4.69) is 50.2 Å². The van der Waals surface area contributed by atoms with Crippen molar-refractivity contribution in [2.45, 2.75) is 58.3 Å². The Labute approximate surface area is 113 Å². The van der Waals surface area contributed by atoms with Crippen LogP contribution in [0.3, 0.4) is 0 Å². The Kier molecular flexibility index (Phi) is 7.55. The first kappa shape index (κ1) is 15.1. The van der Waals surface area contributed by atoms with E-state index in [-0.39, 0.29) is 0 Å². The van der Waals surface area contributed by atoms with E-state index in [1.54, 1.807) is 0 Å². The number of nitrogens with zero attached hydrogens (tertiary/aromatic N) is 1. The molecule has 0 amide bonds. The van der Waals surface area contributed by atoms with E-state index in [0.29, 0.717) is 0 Å². The zero-order valence-electron chi connectivity index (χ0n) is 12.4. The van der Waals surface area contributed by atoms with E-state index in [0.717, 1.165) is 0 Å². The highest BCUT2D eigenvalue weighted by atomic mass is 15.1. The van der Waals surface area contributed by atoms with Gasteiger partial charge in [-0.05, 0) is 24.5 Å². The van der Waals surface area contributed by atoms with Gasteiger partial charge >= 0.3 is 0 Å². The van der Waals surface area contributed by atoms with Gasteiger partial charge in [0.1, 0.15) is 0 Å². The number of rotatable bonds is 9. The van der Waals surface area contributed by atoms with Crippen LogP contribution in [0.25, 0.3) is 0 Å². The molecule has 0 atom stereocenters. The van der Waals surface area contributed by atoms with Gasteiger partial charge in [0.15, 0.2) is 0 Å². The molecule has 1 aromatic carbocycles. The lowest BCUT2D eigenvalue weighted by molar-refractivity contribution is 0.589. The first-order chi connectivity index (χ1) is 8.75. The molecule has 1 nitrogen and oxygen atoms in total. The van der Waals surface area contributed by atoms with Crippen molar-refractivity contribution in [2.24, 2.45) is 0 Å². The molecule has 0 fully saturated rings. The summed E-state index contributed by atoms with van der Waals surface area (Å²) < 4.78 is 0. The van der Waals surface area contributed by atoms with E-state index in [4.69, 9.17) is 0 Å². The molecular weight excluding hydrogens is 218 g/mol. The van der Waals surface area contributed by atoms with Gasteiger partial charge in [0.25, 0.3) is 0 Å². The van der Waals surface area contributed by atoms with Gasteiger partial charge in [-0.15, -0.1) is 0 Å². The van der Waals surface area contributed by atoms with Gasteiger partial charge in [0.05, 0.1) is 0 Å². The number of benzene rings is 1. The molecule has 0 aliphatic rings. The Hall–Kier alpha value is -0.980. The molecule has 0 spiro atoms. The Bertz CT molecular complexity index is 317. The normalized spacial score (nSPS) is 10.6. The molecule has 1 aromatic rings. The Morgan fingerprint density at radius 2 is 1.44 bits per heavy atom. The van der Waals surface area contributed by atoms with Crippen molar-refractivity contribution >= 4 is 5.69 Å². The molecule has 0 saturated heterocycles. The molecule has 0 heterocycles. The molecule has 0 saturated carbocycles. The number of hydrogen-bond donors (Lipinski definition) is 0. The van der Waals surface area contributed by atoms with Crippen LogP contribution in [0.4, 0.5) is 5.69 Å². The lowest BCUT2D eigenvalue weighted by atomic mass is 10.0. The molecule has 0 bridgehead atoms.